The fourth-order valence-corrected chi connectivity index (χ4v) is 4.84. The average Bonchev–Trinajstić information content (AvgIpc) is 2.68. The molecule has 0 aliphatic rings. The van der Waals surface area contributed by atoms with Crippen LogP contribution in [0.15, 0.2) is 34.1 Å². The fraction of sp³-hybridized carbons (Fsp3) is 0.600. The lowest BCUT2D eigenvalue weighted by Crippen LogP contribution is -2.19. The minimum Gasteiger partial charge on any atom is -0.506 e. The van der Waals surface area contributed by atoms with E-state index in [1.807, 2.05) is 0 Å². The van der Waals surface area contributed by atoms with Crippen LogP contribution in [0, 0.1) is 0 Å². The van der Waals surface area contributed by atoms with Crippen LogP contribution in [0.25, 0.3) is 0 Å². The quantitative estimate of drug-likeness (QED) is 0.442. The van der Waals surface area contributed by atoms with Gasteiger partial charge in [-0.1, -0.05) is 107 Å². The molecule has 2 aromatic rings. The number of phenolic OH excluding ortho intramolecular Hbond substituents is 2. The third-order valence-corrected chi connectivity index (χ3v) is 8.38. The van der Waals surface area contributed by atoms with Gasteiger partial charge in [0.05, 0.1) is 9.79 Å². The highest BCUT2D eigenvalue weighted by Gasteiger charge is 2.29. The molecule has 2 nitrogen and oxygen atoms in total. The zero-order valence-corrected chi connectivity index (χ0v) is 23.8. The highest BCUT2D eigenvalue weighted by molar-refractivity contribution is 7.99. The Morgan fingerprint density at radius 3 is 1.12 bits per heavy atom. The first-order chi connectivity index (χ1) is 14.8. The zero-order valence-electron chi connectivity index (χ0n) is 23.0. The SMILES string of the molecule is CCC(C)(C)c1cc(Sc2cc(C(C)(C)CC)cc(C(C)(C)C)c2O)c(O)c(C(C)(C)C)c1. The van der Waals surface area contributed by atoms with Crippen molar-refractivity contribution in [2.75, 3.05) is 0 Å². The monoisotopic (exact) mass is 470 g/mol. The highest BCUT2D eigenvalue weighted by Crippen LogP contribution is 2.49. The second-order valence-corrected chi connectivity index (χ2v) is 13.9. The summed E-state index contributed by atoms with van der Waals surface area (Å²) in [5.74, 6) is 0.639. The van der Waals surface area contributed by atoms with E-state index in [4.69, 9.17) is 0 Å². The number of hydrogen-bond acceptors (Lipinski definition) is 3. The molecule has 0 amide bonds. The summed E-state index contributed by atoms with van der Waals surface area (Å²) in [6, 6.07) is 8.57. The van der Waals surface area contributed by atoms with Crippen LogP contribution in [0.3, 0.4) is 0 Å². The first-order valence-electron chi connectivity index (χ1n) is 12.3. The predicted molar refractivity (Wildman–Crippen MR) is 144 cm³/mol. The molecule has 33 heavy (non-hydrogen) atoms. The van der Waals surface area contributed by atoms with Crippen molar-refractivity contribution in [1.29, 1.82) is 0 Å². The Balaban J connectivity index is 2.81. The molecule has 2 rings (SSSR count). The van der Waals surface area contributed by atoms with E-state index >= 15 is 0 Å². The average molecular weight is 471 g/mol. The van der Waals surface area contributed by atoms with Crippen LogP contribution in [0.1, 0.15) is 118 Å². The van der Waals surface area contributed by atoms with Gasteiger partial charge in [-0.15, -0.1) is 0 Å². The van der Waals surface area contributed by atoms with Crippen LogP contribution in [-0.2, 0) is 21.7 Å². The highest BCUT2D eigenvalue weighted by atomic mass is 32.2. The smallest absolute Gasteiger partial charge is 0.133 e. The Kier molecular flexibility index (Phi) is 7.71. The largest absolute Gasteiger partial charge is 0.506 e. The van der Waals surface area contributed by atoms with Crippen molar-refractivity contribution < 1.29 is 10.2 Å². The molecule has 184 valence electrons. The van der Waals surface area contributed by atoms with Crippen molar-refractivity contribution in [3.05, 3.63) is 46.5 Å². The minimum absolute atomic E-state index is 0.00628. The van der Waals surface area contributed by atoms with Gasteiger partial charge in [0.1, 0.15) is 11.5 Å². The van der Waals surface area contributed by atoms with Gasteiger partial charge in [-0.25, -0.2) is 0 Å². The van der Waals surface area contributed by atoms with E-state index in [9.17, 15) is 10.2 Å². The van der Waals surface area contributed by atoms with E-state index in [-0.39, 0.29) is 21.7 Å². The van der Waals surface area contributed by atoms with Crippen molar-refractivity contribution in [3.63, 3.8) is 0 Å². The Bertz CT molecular complexity index is 920. The summed E-state index contributed by atoms with van der Waals surface area (Å²) in [5.41, 5.74) is 3.94. The van der Waals surface area contributed by atoms with Crippen LogP contribution >= 0.6 is 11.8 Å². The topological polar surface area (TPSA) is 40.5 Å². The summed E-state index contributed by atoms with van der Waals surface area (Å²) >= 11 is 1.48. The molecule has 2 N–H and O–H groups in total. The van der Waals surface area contributed by atoms with E-state index < -0.39 is 0 Å². The van der Waals surface area contributed by atoms with Crippen molar-refractivity contribution >= 4 is 11.8 Å². The standard InChI is InChI=1S/C30H46O2S/c1-13-29(9,10)19-15-21(27(3,4)5)25(31)23(17-19)33-24-18-20(30(11,12)14-2)16-22(26(24)32)28(6,7)8/h15-18,31-32H,13-14H2,1-12H3. The predicted octanol–water partition coefficient (Wildman–Crippen LogP) is 9.22. The van der Waals surface area contributed by atoms with Crippen LogP contribution in [0.4, 0.5) is 0 Å². The number of benzene rings is 2. The Morgan fingerprint density at radius 2 is 0.879 bits per heavy atom. The minimum atomic E-state index is -0.191. The lowest BCUT2D eigenvalue weighted by atomic mass is 9.78. The van der Waals surface area contributed by atoms with Crippen LogP contribution in [0.5, 0.6) is 11.5 Å². The van der Waals surface area contributed by atoms with E-state index in [0.29, 0.717) is 11.5 Å². The molecule has 0 heterocycles. The maximum atomic E-state index is 11.3. The fourth-order valence-electron chi connectivity index (χ4n) is 3.82. The summed E-state index contributed by atoms with van der Waals surface area (Å²) in [5, 5.41) is 22.7. The van der Waals surface area contributed by atoms with Crippen LogP contribution in [0.2, 0.25) is 0 Å². The van der Waals surface area contributed by atoms with Gasteiger partial charge in [-0.05, 0) is 57.8 Å². The number of phenols is 2. The van der Waals surface area contributed by atoms with Crippen LogP contribution in [-0.4, -0.2) is 10.2 Å². The molecule has 0 unspecified atom stereocenters. The lowest BCUT2D eigenvalue weighted by molar-refractivity contribution is 0.427. The van der Waals surface area contributed by atoms with Gasteiger partial charge < -0.3 is 10.2 Å². The second kappa shape index (κ2) is 9.21. The summed E-state index contributed by atoms with van der Waals surface area (Å²) in [6.07, 6.45) is 2.01. The molecular formula is C30H46O2S. The summed E-state index contributed by atoms with van der Waals surface area (Å²) in [6.45, 7) is 26.2. The molecule has 0 aromatic heterocycles. The number of rotatable bonds is 6. The van der Waals surface area contributed by atoms with Gasteiger partial charge in [0.15, 0.2) is 0 Å². The Labute approximate surface area is 207 Å². The van der Waals surface area contributed by atoms with Gasteiger partial charge in [0, 0.05) is 11.1 Å². The van der Waals surface area contributed by atoms with Crippen molar-refractivity contribution in [2.45, 2.75) is 127 Å². The lowest BCUT2D eigenvalue weighted by Gasteiger charge is -2.30. The van der Waals surface area contributed by atoms with Gasteiger partial charge in [0.2, 0.25) is 0 Å². The third-order valence-electron chi connectivity index (χ3n) is 7.32. The molecule has 0 bridgehead atoms. The molecule has 0 radical (unpaired) electrons. The maximum Gasteiger partial charge on any atom is 0.133 e. The maximum absolute atomic E-state index is 11.3. The van der Waals surface area contributed by atoms with E-state index in [1.165, 1.54) is 22.9 Å². The Hall–Kier alpha value is -1.61. The molecule has 0 saturated carbocycles. The summed E-state index contributed by atoms with van der Waals surface area (Å²) in [7, 11) is 0. The number of aromatic hydroxyl groups is 2. The first kappa shape index (κ1) is 27.6. The first-order valence-corrected chi connectivity index (χ1v) is 13.1. The molecule has 0 aliphatic heterocycles. The normalized spacial score (nSPS) is 13.5. The molecule has 2 aromatic carbocycles. The van der Waals surface area contributed by atoms with Crippen molar-refractivity contribution in [2.24, 2.45) is 0 Å². The summed E-state index contributed by atoms with van der Waals surface area (Å²) in [4.78, 5) is 1.61. The van der Waals surface area contributed by atoms with Crippen molar-refractivity contribution in [1.82, 2.24) is 0 Å². The van der Waals surface area contributed by atoms with Crippen molar-refractivity contribution in [3.8, 4) is 11.5 Å². The van der Waals surface area contributed by atoms with E-state index in [1.54, 1.807) is 0 Å². The molecule has 0 aliphatic carbocycles. The van der Waals surface area contributed by atoms with Gasteiger partial charge >= 0.3 is 0 Å². The molecule has 0 fully saturated rings. The Morgan fingerprint density at radius 1 is 0.576 bits per heavy atom. The van der Waals surface area contributed by atoms with Gasteiger partial charge in [0.25, 0.3) is 0 Å². The van der Waals surface area contributed by atoms with Gasteiger partial charge in [-0.3, -0.25) is 0 Å². The third kappa shape index (κ3) is 5.91. The molecule has 0 spiro atoms. The zero-order chi connectivity index (χ0) is 25.6. The molecular weight excluding hydrogens is 424 g/mol. The van der Waals surface area contributed by atoms with Gasteiger partial charge in [-0.2, -0.15) is 0 Å². The van der Waals surface area contributed by atoms with E-state index in [2.05, 4.69) is 107 Å². The second-order valence-electron chi connectivity index (χ2n) is 12.8. The van der Waals surface area contributed by atoms with E-state index in [0.717, 1.165) is 33.8 Å². The molecule has 3 heteroatoms. The molecule has 0 atom stereocenters. The molecule has 0 saturated heterocycles. The summed E-state index contributed by atoms with van der Waals surface area (Å²) < 4.78 is 0. The number of hydrogen-bond donors (Lipinski definition) is 2. The van der Waals surface area contributed by atoms with Crippen LogP contribution < -0.4 is 0 Å².